The SMILES string of the molecule is Cl.Cl.NC1CCC(C(=O)Nc2cccc(-c3ccc4c(c3)OCCO4)n2)C1. The molecule has 2 heterocycles. The number of carbonyl (C=O) groups excluding carboxylic acids is 1. The molecular weight excluding hydrogens is 389 g/mol. The van der Waals surface area contributed by atoms with Gasteiger partial charge in [-0.25, -0.2) is 4.98 Å². The molecule has 6 nitrogen and oxygen atoms in total. The van der Waals surface area contributed by atoms with Crippen LogP contribution in [0, 0.1) is 5.92 Å². The summed E-state index contributed by atoms with van der Waals surface area (Å²) in [6.07, 6.45) is 2.49. The highest BCUT2D eigenvalue weighted by Gasteiger charge is 2.28. The van der Waals surface area contributed by atoms with Gasteiger partial charge in [-0.2, -0.15) is 0 Å². The number of carbonyl (C=O) groups is 1. The minimum absolute atomic E-state index is 0. The van der Waals surface area contributed by atoms with Crippen LogP contribution in [0.4, 0.5) is 5.82 Å². The summed E-state index contributed by atoms with van der Waals surface area (Å²) >= 11 is 0. The number of rotatable bonds is 3. The molecule has 1 aromatic carbocycles. The number of hydrogen-bond donors (Lipinski definition) is 2. The zero-order chi connectivity index (χ0) is 17.2. The Morgan fingerprint density at radius 2 is 1.85 bits per heavy atom. The normalized spacial score (nSPS) is 20.2. The number of benzene rings is 1. The van der Waals surface area contributed by atoms with E-state index >= 15 is 0 Å². The Bertz CT molecular complexity index is 804. The molecule has 1 aliphatic heterocycles. The van der Waals surface area contributed by atoms with Crippen LogP contribution in [0.3, 0.4) is 0 Å². The van der Waals surface area contributed by atoms with Crippen molar-refractivity contribution in [3.05, 3.63) is 36.4 Å². The molecule has 2 unspecified atom stereocenters. The number of hydrogen-bond acceptors (Lipinski definition) is 5. The molecular formula is C19H23Cl2N3O3. The summed E-state index contributed by atoms with van der Waals surface area (Å²) in [6, 6.07) is 11.5. The van der Waals surface area contributed by atoms with Gasteiger partial charge in [-0.1, -0.05) is 6.07 Å². The lowest BCUT2D eigenvalue weighted by Crippen LogP contribution is -2.23. The van der Waals surface area contributed by atoms with Crippen molar-refractivity contribution in [2.45, 2.75) is 25.3 Å². The first-order chi connectivity index (χ1) is 12.2. The Morgan fingerprint density at radius 3 is 2.59 bits per heavy atom. The lowest BCUT2D eigenvalue weighted by molar-refractivity contribution is -0.119. The van der Waals surface area contributed by atoms with Crippen molar-refractivity contribution < 1.29 is 14.3 Å². The molecule has 27 heavy (non-hydrogen) atoms. The summed E-state index contributed by atoms with van der Waals surface area (Å²) in [5.74, 6) is 2.00. The number of pyridine rings is 1. The van der Waals surface area contributed by atoms with E-state index in [4.69, 9.17) is 15.2 Å². The molecule has 1 saturated carbocycles. The molecule has 2 atom stereocenters. The maximum absolute atomic E-state index is 12.4. The van der Waals surface area contributed by atoms with Crippen LogP contribution in [0.25, 0.3) is 11.3 Å². The summed E-state index contributed by atoms with van der Waals surface area (Å²) in [5.41, 5.74) is 7.59. The van der Waals surface area contributed by atoms with Gasteiger partial charge < -0.3 is 20.5 Å². The van der Waals surface area contributed by atoms with Gasteiger partial charge in [0.05, 0.1) is 5.69 Å². The second-order valence-corrected chi connectivity index (χ2v) is 6.53. The second-order valence-electron chi connectivity index (χ2n) is 6.53. The monoisotopic (exact) mass is 411 g/mol. The summed E-state index contributed by atoms with van der Waals surface area (Å²) in [6.45, 7) is 1.11. The van der Waals surface area contributed by atoms with E-state index in [1.54, 1.807) is 6.07 Å². The van der Waals surface area contributed by atoms with E-state index in [-0.39, 0.29) is 42.7 Å². The molecule has 1 fully saturated rings. The molecule has 1 amide bonds. The van der Waals surface area contributed by atoms with Crippen LogP contribution in [0.15, 0.2) is 36.4 Å². The van der Waals surface area contributed by atoms with Gasteiger partial charge in [-0.15, -0.1) is 24.8 Å². The van der Waals surface area contributed by atoms with E-state index in [9.17, 15) is 4.79 Å². The average molecular weight is 412 g/mol. The smallest absolute Gasteiger partial charge is 0.228 e. The van der Waals surface area contributed by atoms with Crippen molar-refractivity contribution >= 4 is 36.5 Å². The number of fused-ring (bicyclic) bond motifs is 1. The minimum Gasteiger partial charge on any atom is -0.486 e. The third kappa shape index (κ3) is 4.83. The summed E-state index contributed by atoms with van der Waals surface area (Å²) in [5, 5.41) is 2.92. The number of halogens is 2. The molecule has 146 valence electrons. The summed E-state index contributed by atoms with van der Waals surface area (Å²) in [4.78, 5) is 16.9. The Hall–Kier alpha value is -2.02. The Kier molecular flexibility index (Phi) is 7.30. The standard InChI is InChI=1S/C19H21N3O3.2ClH/c20-14-6-4-13(10-14)19(23)22-18-3-1-2-15(21-18)12-5-7-16-17(11-12)25-9-8-24-16;;/h1-3,5,7,11,13-14H,4,6,8-10,20H2,(H,21,22,23);2*1H. The zero-order valence-corrected chi connectivity index (χ0v) is 16.4. The molecule has 1 aliphatic carbocycles. The first kappa shape index (κ1) is 21.3. The highest BCUT2D eigenvalue weighted by atomic mass is 35.5. The van der Waals surface area contributed by atoms with Gasteiger partial charge in [0, 0.05) is 17.5 Å². The molecule has 4 rings (SSSR count). The molecule has 2 aromatic rings. The highest BCUT2D eigenvalue weighted by molar-refractivity contribution is 5.92. The molecule has 3 N–H and O–H groups in total. The maximum atomic E-state index is 12.4. The van der Waals surface area contributed by atoms with E-state index in [0.717, 1.165) is 42.0 Å². The van der Waals surface area contributed by atoms with Gasteiger partial charge in [0.15, 0.2) is 11.5 Å². The van der Waals surface area contributed by atoms with E-state index < -0.39 is 0 Å². The van der Waals surface area contributed by atoms with Crippen molar-refractivity contribution in [3.8, 4) is 22.8 Å². The molecule has 0 radical (unpaired) electrons. The van der Waals surface area contributed by atoms with E-state index in [1.165, 1.54) is 0 Å². The van der Waals surface area contributed by atoms with Gasteiger partial charge in [0.1, 0.15) is 19.0 Å². The quantitative estimate of drug-likeness (QED) is 0.807. The Labute approximate surface area is 170 Å². The van der Waals surface area contributed by atoms with Crippen LogP contribution >= 0.6 is 24.8 Å². The number of ether oxygens (including phenoxy) is 2. The van der Waals surface area contributed by atoms with E-state index in [2.05, 4.69) is 10.3 Å². The predicted octanol–water partition coefficient (Wildman–Crippen LogP) is 3.43. The van der Waals surface area contributed by atoms with E-state index in [1.807, 2.05) is 30.3 Å². The van der Waals surface area contributed by atoms with Crippen LogP contribution in [0.5, 0.6) is 11.5 Å². The summed E-state index contributed by atoms with van der Waals surface area (Å²) in [7, 11) is 0. The Balaban J connectivity index is 0.00000131. The van der Waals surface area contributed by atoms with Crippen molar-refractivity contribution in [1.29, 1.82) is 0 Å². The van der Waals surface area contributed by atoms with Crippen LogP contribution in [0.2, 0.25) is 0 Å². The highest BCUT2D eigenvalue weighted by Crippen LogP contribution is 2.34. The van der Waals surface area contributed by atoms with Crippen LogP contribution in [0.1, 0.15) is 19.3 Å². The second kappa shape index (κ2) is 9.26. The first-order valence-corrected chi connectivity index (χ1v) is 8.62. The molecule has 8 heteroatoms. The molecule has 0 spiro atoms. The number of aromatic nitrogens is 1. The number of anilines is 1. The van der Waals surface area contributed by atoms with E-state index in [0.29, 0.717) is 19.0 Å². The Morgan fingerprint density at radius 1 is 1.07 bits per heavy atom. The van der Waals surface area contributed by atoms with Crippen LogP contribution < -0.4 is 20.5 Å². The molecule has 0 bridgehead atoms. The van der Waals surface area contributed by atoms with Crippen LogP contribution in [-0.2, 0) is 4.79 Å². The molecule has 2 aliphatic rings. The third-order valence-corrected chi connectivity index (χ3v) is 4.68. The minimum atomic E-state index is -0.0188. The number of nitrogens with one attached hydrogen (secondary N) is 1. The lowest BCUT2D eigenvalue weighted by atomic mass is 10.1. The first-order valence-electron chi connectivity index (χ1n) is 8.62. The number of nitrogens with zero attached hydrogens (tertiary/aromatic N) is 1. The molecule has 1 aromatic heterocycles. The fourth-order valence-corrected chi connectivity index (χ4v) is 3.35. The lowest BCUT2D eigenvalue weighted by Gasteiger charge is -2.18. The van der Waals surface area contributed by atoms with Gasteiger partial charge in [-0.05, 0) is 49.6 Å². The van der Waals surface area contributed by atoms with Gasteiger partial charge >= 0.3 is 0 Å². The fourth-order valence-electron chi connectivity index (χ4n) is 3.35. The van der Waals surface area contributed by atoms with Crippen LogP contribution in [-0.4, -0.2) is 30.1 Å². The predicted molar refractivity (Wildman–Crippen MR) is 109 cm³/mol. The average Bonchev–Trinajstić information content (AvgIpc) is 3.08. The number of amides is 1. The van der Waals surface area contributed by atoms with Gasteiger partial charge in [0.25, 0.3) is 0 Å². The van der Waals surface area contributed by atoms with Crippen molar-refractivity contribution in [3.63, 3.8) is 0 Å². The zero-order valence-electron chi connectivity index (χ0n) is 14.7. The van der Waals surface area contributed by atoms with Crippen molar-refractivity contribution in [2.75, 3.05) is 18.5 Å². The fraction of sp³-hybridized carbons (Fsp3) is 0.368. The molecule has 0 saturated heterocycles. The summed E-state index contributed by atoms with van der Waals surface area (Å²) < 4.78 is 11.2. The van der Waals surface area contributed by atoms with Gasteiger partial charge in [0.2, 0.25) is 5.91 Å². The van der Waals surface area contributed by atoms with Gasteiger partial charge in [-0.3, -0.25) is 4.79 Å². The third-order valence-electron chi connectivity index (χ3n) is 4.68. The number of nitrogens with two attached hydrogens (primary N) is 1. The topological polar surface area (TPSA) is 86.5 Å². The van der Waals surface area contributed by atoms with Crippen molar-refractivity contribution in [1.82, 2.24) is 4.98 Å². The van der Waals surface area contributed by atoms with Crippen molar-refractivity contribution in [2.24, 2.45) is 11.7 Å². The maximum Gasteiger partial charge on any atom is 0.228 e. The largest absolute Gasteiger partial charge is 0.486 e.